The van der Waals surface area contributed by atoms with Crippen molar-refractivity contribution >= 4 is 18.5 Å². The molecule has 1 N–H and O–H groups in total. The first kappa shape index (κ1) is 17.6. The average Bonchev–Trinajstić information content (AvgIpc) is 2.56. The molecule has 5 heteroatoms. The summed E-state index contributed by atoms with van der Waals surface area (Å²) in [6.45, 7) is 3.25. The van der Waals surface area contributed by atoms with Crippen molar-refractivity contribution < 1.29 is 19.0 Å². The topological polar surface area (TPSA) is 63.6 Å². The van der Waals surface area contributed by atoms with Gasteiger partial charge in [0.05, 0.1) is 6.61 Å². The maximum atomic E-state index is 13.7. The van der Waals surface area contributed by atoms with Gasteiger partial charge in [0.25, 0.3) is 7.37 Å². The highest BCUT2D eigenvalue weighted by atomic mass is 31.2. The molecule has 0 fully saturated rings. The van der Waals surface area contributed by atoms with Crippen LogP contribution in [0.2, 0.25) is 0 Å². The van der Waals surface area contributed by atoms with Crippen LogP contribution < -0.4 is 5.30 Å². The van der Waals surface area contributed by atoms with Crippen molar-refractivity contribution in [3.8, 4) is 0 Å². The van der Waals surface area contributed by atoms with Gasteiger partial charge >= 0.3 is 0 Å². The van der Waals surface area contributed by atoms with Crippen LogP contribution in [-0.4, -0.2) is 17.5 Å². The number of hydrogen-bond donors (Lipinski definition) is 1. The minimum Gasteiger partial charge on any atom is -0.374 e. The van der Waals surface area contributed by atoms with E-state index in [1.807, 2.05) is 0 Å². The number of rotatable bonds is 7. The molecule has 0 amide bonds. The molecule has 4 nitrogen and oxygen atoms in total. The van der Waals surface area contributed by atoms with Crippen LogP contribution in [-0.2, 0) is 19.2 Å². The fourth-order valence-corrected chi connectivity index (χ4v) is 5.27. The van der Waals surface area contributed by atoms with E-state index in [1.165, 1.54) is 6.92 Å². The largest absolute Gasteiger partial charge is 0.374 e. The Morgan fingerprint density at radius 2 is 1.61 bits per heavy atom. The fourth-order valence-electron chi connectivity index (χ4n) is 2.63. The Morgan fingerprint density at radius 3 is 2.09 bits per heavy atom. The Kier molecular flexibility index (Phi) is 5.53. The van der Waals surface area contributed by atoms with E-state index < -0.39 is 12.7 Å². The summed E-state index contributed by atoms with van der Waals surface area (Å²) in [4.78, 5) is 11.8. The van der Waals surface area contributed by atoms with Gasteiger partial charge in [-0.1, -0.05) is 48.5 Å². The van der Waals surface area contributed by atoms with Crippen molar-refractivity contribution in [1.82, 2.24) is 0 Å². The third-order valence-electron chi connectivity index (χ3n) is 3.63. The molecule has 0 heterocycles. The molecule has 0 aliphatic heterocycles. The highest BCUT2D eigenvalue weighted by molar-refractivity contribution is 7.67. The second kappa shape index (κ2) is 7.22. The van der Waals surface area contributed by atoms with Gasteiger partial charge in [-0.05, 0) is 31.5 Å². The van der Waals surface area contributed by atoms with Gasteiger partial charge in [0.15, 0.2) is 5.34 Å². The third kappa shape index (κ3) is 3.45. The molecule has 0 bridgehead atoms. The summed E-state index contributed by atoms with van der Waals surface area (Å²) in [5.41, 5.74) is 0.413. The van der Waals surface area contributed by atoms with E-state index >= 15 is 0 Å². The second-order valence-corrected chi connectivity index (χ2v) is 7.98. The number of Topliss-reactive ketones (excluding diaryl/α,β-unsaturated/α-hetero) is 1. The molecule has 0 aliphatic rings. The van der Waals surface area contributed by atoms with Gasteiger partial charge in [-0.2, -0.15) is 0 Å². The van der Waals surface area contributed by atoms with Gasteiger partial charge < -0.3 is 9.63 Å². The third-order valence-corrected chi connectivity index (χ3v) is 6.62. The molecule has 0 saturated heterocycles. The monoisotopic (exact) mass is 332 g/mol. The summed E-state index contributed by atoms with van der Waals surface area (Å²) >= 11 is 0. The van der Waals surface area contributed by atoms with Crippen LogP contribution in [0, 0.1) is 0 Å². The van der Waals surface area contributed by atoms with Crippen LogP contribution >= 0.6 is 7.37 Å². The van der Waals surface area contributed by atoms with Gasteiger partial charge in [0, 0.05) is 11.7 Å². The maximum Gasteiger partial charge on any atom is 0.267 e. The summed E-state index contributed by atoms with van der Waals surface area (Å²) in [7, 11) is -3.73. The first-order chi connectivity index (χ1) is 10.9. The molecule has 0 radical (unpaired) electrons. The molecule has 0 spiro atoms. The lowest BCUT2D eigenvalue weighted by molar-refractivity contribution is -0.120. The predicted molar refractivity (Wildman–Crippen MR) is 90.9 cm³/mol. The fraction of sp³-hybridized carbons (Fsp3) is 0.278. The van der Waals surface area contributed by atoms with E-state index in [4.69, 9.17) is 4.52 Å². The summed E-state index contributed by atoms with van der Waals surface area (Å²) in [5, 5.41) is 9.85. The summed E-state index contributed by atoms with van der Waals surface area (Å²) in [6, 6.07) is 17.2. The highest BCUT2D eigenvalue weighted by Gasteiger charge is 2.51. The van der Waals surface area contributed by atoms with Crippen molar-refractivity contribution in [2.75, 3.05) is 6.61 Å². The zero-order valence-electron chi connectivity index (χ0n) is 13.3. The number of benzene rings is 2. The molecular formula is C18H21O4P. The van der Waals surface area contributed by atoms with Gasteiger partial charge in [-0.15, -0.1) is 0 Å². The molecule has 23 heavy (non-hydrogen) atoms. The highest BCUT2D eigenvalue weighted by Crippen LogP contribution is 2.63. The molecule has 2 aromatic rings. The number of carbonyl (C=O) groups is 1. The Hall–Kier alpha value is -1.74. The minimum atomic E-state index is -3.73. The maximum absolute atomic E-state index is 13.7. The Morgan fingerprint density at radius 1 is 1.09 bits per heavy atom. The number of hydrogen-bond acceptors (Lipinski definition) is 4. The van der Waals surface area contributed by atoms with E-state index in [1.54, 1.807) is 67.6 Å². The predicted octanol–water partition coefficient (Wildman–Crippen LogP) is 3.45. The van der Waals surface area contributed by atoms with E-state index in [-0.39, 0.29) is 18.8 Å². The quantitative estimate of drug-likeness (QED) is 0.789. The standard InChI is InChI=1S/C18H21O4P/c1-3-22-23(21,17-12-8-5-9-13-17)18(20,14-15(2)19)16-10-6-4-7-11-16/h4-13,20H,3,14H2,1-2H3/t18-,23-/m0/s1. The lowest BCUT2D eigenvalue weighted by atomic mass is 10.0. The van der Waals surface area contributed by atoms with Crippen molar-refractivity contribution in [2.45, 2.75) is 25.6 Å². The van der Waals surface area contributed by atoms with Crippen molar-refractivity contribution in [3.63, 3.8) is 0 Å². The molecule has 0 aromatic heterocycles. The molecular weight excluding hydrogens is 311 g/mol. The Labute approximate surface area is 136 Å². The number of carbonyl (C=O) groups excluding carboxylic acids is 1. The van der Waals surface area contributed by atoms with Crippen molar-refractivity contribution in [2.24, 2.45) is 0 Å². The SMILES string of the molecule is CCO[P@@](=O)(c1ccccc1)[C@@](O)(CC(C)=O)c1ccccc1. The van der Waals surface area contributed by atoms with Crippen LogP contribution in [0.15, 0.2) is 60.7 Å². The summed E-state index contributed by atoms with van der Waals surface area (Å²) < 4.78 is 19.3. The molecule has 0 aliphatic carbocycles. The molecule has 122 valence electrons. The second-order valence-electron chi connectivity index (χ2n) is 5.37. The van der Waals surface area contributed by atoms with Crippen LogP contribution in [0.5, 0.6) is 0 Å². The summed E-state index contributed by atoms with van der Waals surface area (Å²) in [5.74, 6) is -0.257. The Balaban J connectivity index is 2.68. The molecule has 2 aromatic carbocycles. The summed E-state index contributed by atoms with van der Waals surface area (Å²) in [6.07, 6.45) is -0.275. The van der Waals surface area contributed by atoms with Crippen molar-refractivity contribution in [1.29, 1.82) is 0 Å². The minimum absolute atomic E-state index is 0.166. The van der Waals surface area contributed by atoms with E-state index in [2.05, 4.69) is 0 Å². The zero-order chi connectivity index (χ0) is 16.9. The zero-order valence-corrected chi connectivity index (χ0v) is 14.2. The lowest BCUT2D eigenvalue weighted by Crippen LogP contribution is -2.34. The lowest BCUT2D eigenvalue weighted by Gasteiger charge is -2.35. The molecule has 0 unspecified atom stereocenters. The number of aliphatic hydroxyl groups is 1. The Bertz CT molecular complexity index is 699. The van der Waals surface area contributed by atoms with Crippen LogP contribution in [0.1, 0.15) is 25.8 Å². The normalized spacial score (nSPS) is 16.3. The van der Waals surface area contributed by atoms with Crippen molar-refractivity contribution in [3.05, 3.63) is 66.2 Å². The van der Waals surface area contributed by atoms with Crippen LogP contribution in [0.3, 0.4) is 0 Å². The van der Waals surface area contributed by atoms with Gasteiger partial charge in [0.2, 0.25) is 0 Å². The first-order valence-electron chi connectivity index (χ1n) is 7.51. The van der Waals surface area contributed by atoms with Gasteiger partial charge in [0.1, 0.15) is 5.78 Å². The molecule has 0 saturated carbocycles. The van der Waals surface area contributed by atoms with E-state index in [9.17, 15) is 14.5 Å². The van der Waals surface area contributed by atoms with Crippen LogP contribution in [0.25, 0.3) is 0 Å². The average molecular weight is 332 g/mol. The smallest absolute Gasteiger partial charge is 0.267 e. The number of ketones is 1. The van der Waals surface area contributed by atoms with Crippen LogP contribution in [0.4, 0.5) is 0 Å². The molecule has 2 atom stereocenters. The molecule has 2 rings (SSSR count). The van der Waals surface area contributed by atoms with E-state index in [0.717, 1.165) is 0 Å². The van der Waals surface area contributed by atoms with Gasteiger partial charge in [-0.25, -0.2) is 0 Å². The first-order valence-corrected chi connectivity index (χ1v) is 9.14. The van der Waals surface area contributed by atoms with Gasteiger partial charge in [-0.3, -0.25) is 9.36 Å². The van der Waals surface area contributed by atoms with E-state index in [0.29, 0.717) is 10.9 Å².